The number of aryl methyl sites for hydroxylation is 1. The van der Waals surface area contributed by atoms with E-state index in [1.165, 1.54) is 11.3 Å². The van der Waals surface area contributed by atoms with Gasteiger partial charge in [0.25, 0.3) is 0 Å². The third kappa shape index (κ3) is 3.53. The first-order valence-electron chi connectivity index (χ1n) is 5.47. The molecular weight excluding hydrogens is 250 g/mol. The maximum atomic E-state index is 11.6. The summed E-state index contributed by atoms with van der Waals surface area (Å²) >= 11 is 1.30. The van der Waals surface area contributed by atoms with Crippen molar-refractivity contribution in [2.24, 2.45) is 0 Å². The summed E-state index contributed by atoms with van der Waals surface area (Å²) in [5, 5.41) is 10.6. The van der Waals surface area contributed by atoms with E-state index in [9.17, 15) is 4.79 Å². The highest BCUT2D eigenvalue weighted by Crippen LogP contribution is 2.14. The van der Waals surface area contributed by atoms with Gasteiger partial charge in [0.2, 0.25) is 11.0 Å². The maximum absolute atomic E-state index is 11.6. The highest BCUT2D eigenvalue weighted by Gasteiger charge is 2.05. The second kappa shape index (κ2) is 6.11. The largest absolute Gasteiger partial charge is 0.497 e. The molecule has 0 fully saturated rings. The lowest BCUT2D eigenvalue weighted by Gasteiger charge is -2.04. The predicted molar refractivity (Wildman–Crippen MR) is 69.9 cm³/mol. The molecule has 0 atom stereocenters. The van der Waals surface area contributed by atoms with Crippen molar-refractivity contribution < 1.29 is 9.53 Å². The Labute approximate surface area is 109 Å². The zero-order valence-corrected chi connectivity index (χ0v) is 10.7. The smallest absolute Gasteiger partial charge is 0.226 e. The topological polar surface area (TPSA) is 64.1 Å². The number of hydrogen-bond acceptors (Lipinski definition) is 5. The fraction of sp³-hybridized carbons (Fsp3) is 0.250. The van der Waals surface area contributed by atoms with Crippen molar-refractivity contribution in [2.45, 2.75) is 12.8 Å². The summed E-state index contributed by atoms with van der Waals surface area (Å²) in [7, 11) is 1.63. The Morgan fingerprint density at radius 1 is 1.50 bits per heavy atom. The van der Waals surface area contributed by atoms with Gasteiger partial charge >= 0.3 is 0 Å². The zero-order valence-electron chi connectivity index (χ0n) is 9.92. The lowest BCUT2D eigenvalue weighted by atomic mass is 10.1. The molecule has 0 spiro atoms. The Morgan fingerprint density at radius 2 is 2.39 bits per heavy atom. The quantitative estimate of drug-likeness (QED) is 0.897. The molecule has 2 aromatic rings. The molecule has 1 aromatic heterocycles. The minimum Gasteiger partial charge on any atom is -0.497 e. The number of hydrogen-bond donors (Lipinski definition) is 1. The summed E-state index contributed by atoms with van der Waals surface area (Å²) < 4.78 is 5.13. The van der Waals surface area contributed by atoms with Crippen molar-refractivity contribution >= 4 is 22.4 Å². The van der Waals surface area contributed by atoms with Crippen molar-refractivity contribution in [2.75, 3.05) is 12.4 Å². The number of aromatic nitrogens is 2. The predicted octanol–water partition coefficient (Wildman–Crippen LogP) is 2.12. The van der Waals surface area contributed by atoms with Crippen molar-refractivity contribution in [3.8, 4) is 5.75 Å². The molecule has 6 heteroatoms. The molecule has 0 aliphatic rings. The molecule has 5 nitrogen and oxygen atoms in total. The molecule has 1 aromatic carbocycles. The average Bonchev–Trinajstić information content (AvgIpc) is 2.89. The van der Waals surface area contributed by atoms with Crippen LogP contribution >= 0.6 is 11.3 Å². The van der Waals surface area contributed by atoms with Crippen molar-refractivity contribution in [3.63, 3.8) is 0 Å². The van der Waals surface area contributed by atoms with Crippen molar-refractivity contribution in [3.05, 3.63) is 35.3 Å². The van der Waals surface area contributed by atoms with Gasteiger partial charge in [-0.25, -0.2) is 0 Å². The zero-order chi connectivity index (χ0) is 12.8. The molecule has 1 heterocycles. The third-order valence-electron chi connectivity index (χ3n) is 2.38. The fourth-order valence-corrected chi connectivity index (χ4v) is 1.96. The lowest BCUT2D eigenvalue weighted by Crippen LogP contribution is -2.12. The molecule has 1 N–H and O–H groups in total. The van der Waals surface area contributed by atoms with Gasteiger partial charge in [-0.1, -0.05) is 23.5 Å². The Kier molecular flexibility index (Phi) is 4.25. The van der Waals surface area contributed by atoms with Crippen LogP contribution in [0.1, 0.15) is 12.0 Å². The van der Waals surface area contributed by atoms with Crippen LogP contribution in [0, 0.1) is 0 Å². The molecule has 18 heavy (non-hydrogen) atoms. The number of carbonyl (C=O) groups is 1. The van der Waals surface area contributed by atoms with Gasteiger partial charge in [0.15, 0.2) is 0 Å². The maximum Gasteiger partial charge on any atom is 0.226 e. The highest BCUT2D eigenvalue weighted by molar-refractivity contribution is 7.13. The normalized spacial score (nSPS) is 10.1. The average molecular weight is 263 g/mol. The van der Waals surface area contributed by atoms with Crippen molar-refractivity contribution in [1.82, 2.24) is 10.2 Å². The number of amides is 1. The van der Waals surface area contributed by atoms with Gasteiger partial charge in [0, 0.05) is 6.42 Å². The number of ether oxygens (including phenoxy) is 1. The first-order chi connectivity index (χ1) is 8.78. The number of nitrogens with zero attached hydrogens (tertiary/aromatic N) is 2. The van der Waals surface area contributed by atoms with E-state index in [1.807, 2.05) is 24.3 Å². The number of carbonyl (C=O) groups excluding carboxylic acids is 1. The summed E-state index contributed by atoms with van der Waals surface area (Å²) in [6, 6.07) is 7.70. The van der Waals surface area contributed by atoms with E-state index in [-0.39, 0.29) is 5.91 Å². The van der Waals surface area contributed by atoms with Gasteiger partial charge in [0.05, 0.1) is 7.11 Å². The van der Waals surface area contributed by atoms with E-state index >= 15 is 0 Å². The molecule has 0 saturated heterocycles. The third-order valence-corrected chi connectivity index (χ3v) is 2.99. The van der Waals surface area contributed by atoms with E-state index in [4.69, 9.17) is 4.74 Å². The van der Waals surface area contributed by atoms with Crippen LogP contribution in [0.3, 0.4) is 0 Å². The Hall–Kier alpha value is -1.95. The van der Waals surface area contributed by atoms with Crippen LogP contribution in [-0.4, -0.2) is 23.2 Å². The molecule has 0 aliphatic heterocycles. The summed E-state index contributed by atoms with van der Waals surface area (Å²) in [4.78, 5) is 11.6. The number of anilines is 1. The molecule has 0 saturated carbocycles. The Bertz CT molecular complexity index is 514. The molecule has 0 aliphatic carbocycles. The highest BCUT2D eigenvalue weighted by atomic mass is 32.1. The second-order valence-electron chi connectivity index (χ2n) is 3.64. The fourth-order valence-electron chi connectivity index (χ4n) is 1.50. The standard InChI is InChI=1S/C12H13N3O2S/c1-17-10-4-2-3-9(7-10)5-6-11(16)14-12-15-13-8-18-12/h2-4,7-8H,5-6H2,1H3,(H,14,15,16). The van der Waals surface area contributed by atoms with Crippen LogP contribution in [-0.2, 0) is 11.2 Å². The molecule has 2 rings (SSSR count). The molecule has 94 valence electrons. The minimum atomic E-state index is -0.0606. The van der Waals surface area contributed by atoms with Gasteiger partial charge < -0.3 is 10.1 Å². The molecule has 1 amide bonds. The van der Waals surface area contributed by atoms with Gasteiger partial charge in [-0.2, -0.15) is 0 Å². The molecule has 0 bridgehead atoms. The Morgan fingerprint density at radius 3 is 3.11 bits per heavy atom. The summed E-state index contributed by atoms with van der Waals surface area (Å²) in [5.74, 6) is 0.742. The van der Waals surface area contributed by atoms with Crippen LogP contribution in [0.25, 0.3) is 0 Å². The summed E-state index contributed by atoms with van der Waals surface area (Å²) in [6.07, 6.45) is 1.08. The van der Waals surface area contributed by atoms with Gasteiger partial charge in [-0.05, 0) is 24.1 Å². The summed E-state index contributed by atoms with van der Waals surface area (Å²) in [5.41, 5.74) is 2.65. The van der Waals surface area contributed by atoms with Gasteiger partial charge in [0.1, 0.15) is 11.3 Å². The molecule has 0 radical (unpaired) electrons. The number of methoxy groups -OCH3 is 1. The molecular formula is C12H13N3O2S. The minimum absolute atomic E-state index is 0.0606. The Balaban J connectivity index is 1.85. The van der Waals surface area contributed by atoms with Crippen LogP contribution in [0.2, 0.25) is 0 Å². The van der Waals surface area contributed by atoms with E-state index in [0.717, 1.165) is 11.3 Å². The first-order valence-corrected chi connectivity index (χ1v) is 6.35. The van der Waals surface area contributed by atoms with Gasteiger partial charge in [-0.3, -0.25) is 4.79 Å². The molecule has 0 unspecified atom stereocenters. The number of rotatable bonds is 5. The SMILES string of the molecule is COc1cccc(CCC(=O)Nc2nncs2)c1. The van der Waals surface area contributed by atoms with E-state index in [1.54, 1.807) is 12.6 Å². The van der Waals surface area contributed by atoms with E-state index < -0.39 is 0 Å². The van der Waals surface area contributed by atoms with Crippen molar-refractivity contribution in [1.29, 1.82) is 0 Å². The summed E-state index contributed by atoms with van der Waals surface area (Å²) in [6.45, 7) is 0. The van der Waals surface area contributed by atoms with Crippen LogP contribution in [0.15, 0.2) is 29.8 Å². The second-order valence-corrected chi connectivity index (χ2v) is 4.48. The number of nitrogens with one attached hydrogen (secondary N) is 1. The lowest BCUT2D eigenvalue weighted by molar-refractivity contribution is -0.116. The first kappa shape index (κ1) is 12.5. The monoisotopic (exact) mass is 263 g/mol. The van der Waals surface area contributed by atoms with E-state index in [2.05, 4.69) is 15.5 Å². The van der Waals surface area contributed by atoms with E-state index in [0.29, 0.717) is 18.0 Å². The van der Waals surface area contributed by atoms with Gasteiger partial charge in [-0.15, -0.1) is 10.2 Å². The number of benzene rings is 1. The van der Waals surface area contributed by atoms with Crippen LogP contribution in [0.5, 0.6) is 5.75 Å². The van der Waals surface area contributed by atoms with Crippen LogP contribution in [0.4, 0.5) is 5.13 Å². The van der Waals surface area contributed by atoms with Crippen LogP contribution < -0.4 is 10.1 Å².